The third-order valence-electron chi connectivity index (χ3n) is 2.21. The molecule has 0 aliphatic rings. The third-order valence-corrected chi connectivity index (χ3v) is 3.42. The second-order valence-corrected chi connectivity index (χ2v) is 4.41. The van der Waals surface area contributed by atoms with Crippen molar-refractivity contribution < 1.29 is 8.78 Å². The summed E-state index contributed by atoms with van der Waals surface area (Å²) in [6.45, 7) is 2.07. The van der Waals surface area contributed by atoms with Gasteiger partial charge in [0.2, 0.25) is 0 Å². The first kappa shape index (κ1) is 11.2. The van der Waals surface area contributed by atoms with Gasteiger partial charge in [0.1, 0.15) is 5.01 Å². The van der Waals surface area contributed by atoms with Crippen LogP contribution in [0, 0.1) is 18.6 Å². The highest BCUT2D eigenvalue weighted by molar-refractivity contribution is 7.15. The molecule has 1 aromatic heterocycles. The summed E-state index contributed by atoms with van der Waals surface area (Å²) in [6.07, 6.45) is 0. The van der Waals surface area contributed by atoms with Gasteiger partial charge in [0.15, 0.2) is 11.6 Å². The number of nitrogens with two attached hydrogens (primary N) is 1. The van der Waals surface area contributed by atoms with E-state index in [1.165, 1.54) is 17.4 Å². The highest BCUT2D eigenvalue weighted by Crippen LogP contribution is 2.32. The van der Waals surface area contributed by atoms with Gasteiger partial charge in [0.25, 0.3) is 0 Å². The summed E-state index contributed by atoms with van der Waals surface area (Å²) >= 11 is 1.29. The number of hydrogen-bond donors (Lipinski definition) is 1. The van der Waals surface area contributed by atoms with Crippen LogP contribution in [0.25, 0.3) is 10.4 Å². The van der Waals surface area contributed by atoms with Crippen LogP contribution in [-0.2, 0) is 6.54 Å². The van der Waals surface area contributed by atoms with E-state index in [2.05, 4.69) is 4.98 Å². The van der Waals surface area contributed by atoms with Crippen molar-refractivity contribution in [3.8, 4) is 10.4 Å². The Kier molecular flexibility index (Phi) is 2.98. The highest BCUT2D eigenvalue weighted by atomic mass is 32.1. The Morgan fingerprint density at radius 3 is 2.75 bits per heavy atom. The van der Waals surface area contributed by atoms with Crippen LogP contribution >= 0.6 is 11.3 Å². The minimum absolute atomic E-state index is 0.245. The molecule has 84 valence electrons. The summed E-state index contributed by atoms with van der Waals surface area (Å²) in [5, 5.41) is 0.719. The molecule has 0 bridgehead atoms. The van der Waals surface area contributed by atoms with Crippen molar-refractivity contribution in [2.75, 3.05) is 0 Å². The Morgan fingerprint density at radius 2 is 2.12 bits per heavy atom. The third kappa shape index (κ3) is 1.83. The summed E-state index contributed by atoms with van der Waals surface area (Å²) in [5.74, 6) is -1.68. The number of benzene rings is 1. The van der Waals surface area contributed by atoms with Gasteiger partial charge >= 0.3 is 0 Å². The maximum Gasteiger partial charge on any atom is 0.167 e. The molecule has 0 spiro atoms. The standard InChI is InChI=1S/C11H10F2N2S/c1-6-11(16-9(5-14)15-6)7-3-2-4-8(12)10(7)13/h2-4H,5,14H2,1H3. The van der Waals surface area contributed by atoms with Crippen molar-refractivity contribution in [1.82, 2.24) is 4.98 Å². The maximum absolute atomic E-state index is 13.6. The number of nitrogens with zero attached hydrogens (tertiary/aromatic N) is 1. The summed E-state index contributed by atoms with van der Waals surface area (Å²) in [7, 11) is 0. The van der Waals surface area contributed by atoms with E-state index in [-0.39, 0.29) is 5.56 Å². The molecule has 2 nitrogen and oxygen atoms in total. The second-order valence-electron chi connectivity index (χ2n) is 3.33. The topological polar surface area (TPSA) is 38.9 Å². The molecule has 0 saturated carbocycles. The summed E-state index contributed by atoms with van der Waals surface area (Å²) in [4.78, 5) is 4.82. The van der Waals surface area contributed by atoms with E-state index in [4.69, 9.17) is 5.73 Å². The molecule has 0 atom stereocenters. The van der Waals surface area contributed by atoms with E-state index in [9.17, 15) is 8.78 Å². The average molecular weight is 240 g/mol. The quantitative estimate of drug-likeness (QED) is 0.876. The van der Waals surface area contributed by atoms with Crippen LogP contribution in [0.1, 0.15) is 10.7 Å². The minimum atomic E-state index is -0.848. The number of aromatic nitrogens is 1. The number of hydrogen-bond acceptors (Lipinski definition) is 3. The van der Waals surface area contributed by atoms with Gasteiger partial charge in [0.05, 0.1) is 10.6 Å². The van der Waals surface area contributed by atoms with E-state index < -0.39 is 11.6 Å². The van der Waals surface area contributed by atoms with Crippen molar-refractivity contribution in [3.05, 3.63) is 40.5 Å². The number of rotatable bonds is 2. The van der Waals surface area contributed by atoms with Crippen LogP contribution in [0.4, 0.5) is 8.78 Å². The molecule has 0 radical (unpaired) electrons. The van der Waals surface area contributed by atoms with Crippen molar-refractivity contribution in [2.24, 2.45) is 5.73 Å². The lowest BCUT2D eigenvalue weighted by molar-refractivity contribution is 0.511. The fourth-order valence-corrected chi connectivity index (χ4v) is 2.43. The van der Waals surface area contributed by atoms with Crippen molar-refractivity contribution in [2.45, 2.75) is 13.5 Å². The molecule has 0 unspecified atom stereocenters. The normalized spacial score (nSPS) is 10.8. The van der Waals surface area contributed by atoms with E-state index in [1.54, 1.807) is 13.0 Å². The summed E-state index contributed by atoms with van der Waals surface area (Å²) in [6, 6.07) is 4.12. The number of halogens is 2. The highest BCUT2D eigenvalue weighted by Gasteiger charge is 2.15. The van der Waals surface area contributed by atoms with Gasteiger partial charge in [-0.1, -0.05) is 12.1 Å². The first-order chi connectivity index (χ1) is 7.63. The van der Waals surface area contributed by atoms with E-state index >= 15 is 0 Å². The van der Waals surface area contributed by atoms with Gasteiger partial charge < -0.3 is 5.73 Å². The zero-order valence-corrected chi connectivity index (χ0v) is 9.44. The van der Waals surface area contributed by atoms with E-state index in [1.807, 2.05) is 0 Å². The molecule has 0 amide bonds. The second kappa shape index (κ2) is 4.27. The molecule has 1 aromatic carbocycles. The van der Waals surface area contributed by atoms with Crippen LogP contribution in [-0.4, -0.2) is 4.98 Å². The largest absolute Gasteiger partial charge is 0.325 e. The molecule has 0 saturated heterocycles. The Morgan fingerprint density at radius 1 is 1.38 bits per heavy atom. The van der Waals surface area contributed by atoms with Crippen LogP contribution in [0.3, 0.4) is 0 Å². The lowest BCUT2D eigenvalue weighted by atomic mass is 10.1. The summed E-state index contributed by atoms with van der Waals surface area (Å²) in [5.41, 5.74) is 6.38. The number of aryl methyl sites for hydroxylation is 1. The fourth-order valence-electron chi connectivity index (χ4n) is 1.47. The number of thiazole rings is 1. The first-order valence-electron chi connectivity index (χ1n) is 4.74. The van der Waals surface area contributed by atoms with Gasteiger partial charge in [-0.25, -0.2) is 13.8 Å². The average Bonchev–Trinajstić information content (AvgIpc) is 2.64. The predicted molar refractivity (Wildman–Crippen MR) is 60.1 cm³/mol. The molecule has 2 N–H and O–H groups in total. The maximum atomic E-state index is 13.6. The molecule has 5 heteroatoms. The Hall–Kier alpha value is -1.33. The van der Waals surface area contributed by atoms with Gasteiger partial charge in [-0.05, 0) is 13.0 Å². The van der Waals surface area contributed by atoms with Gasteiger partial charge in [0, 0.05) is 12.1 Å². The lowest BCUT2D eigenvalue weighted by Crippen LogP contribution is -1.94. The van der Waals surface area contributed by atoms with E-state index in [0.29, 0.717) is 17.1 Å². The SMILES string of the molecule is Cc1nc(CN)sc1-c1cccc(F)c1F. The molecular weight excluding hydrogens is 230 g/mol. The van der Waals surface area contributed by atoms with Crippen molar-refractivity contribution in [3.63, 3.8) is 0 Å². The van der Waals surface area contributed by atoms with E-state index in [0.717, 1.165) is 11.1 Å². The van der Waals surface area contributed by atoms with Crippen LogP contribution < -0.4 is 5.73 Å². The smallest absolute Gasteiger partial charge is 0.167 e. The fraction of sp³-hybridized carbons (Fsp3) is 0.182. The van der Waals surface area contributed by atoms with Crippen LogP contribution in [0.5, 0.6) is 0 Å². The van der Waals surface area contributed by atoms with Crippen molar-refractivity contribution in [1.29, 1.82) is 0 Å². The summed E-state index contributed by atoms with van der Waals surface area (Å²) < 4.78 is 26.6. The monoisotopic (exact) mass is 240 g/mol. The molecule has 2 rings (SSSR count). The predicted octanol–water partition coefficient (Wildman–Crippen LogP) is 2.86. The lowest BCUT2D eigenvalue weighted by Gasteiger charge is -2.01. The van der Waals surface area contributed by atoms with Gasteiger partial charge in [-0.15, -0.1) is 11.3 Å². The molecule has 16 heavy (non-hydrogen) atoms. The molecule has 1 heterocycles. The first-order valence-corrected chi connectivity index (χ1v) is 5.56. The van der Waals surface area contributed by atoms with Crippen LogP contribution in [0.2, 0.25) is 0 Å². The van der Waals surface area contributed by atoms with Gasteiger partial charge in [-0.3, -0.25) is 0 Å². The van der Waals surface area contributed by atoms with Crippen LogP contribution in [0.15, 0.2) is 18.2 Å². The zero-order valence-electron chi connectivity index (χ0n) is 8.63. The molecular formula is C11H10F2N2S. The molecule has 0 fully saturated rings. The van der Waals surface area contributed by atoms with Gasteiger partial charge in [-0.2, -0.15) is 0 Å². The van der Waals surface area contributed by atoms with Crippen molar-refractivity contribution >= 4 is 11.3 Å². The molecule has 2 aromatic rings. The Bertz CT molecular complexity index is 523. The molecule has 0 aliphatic carbocycles. The Labute approximate surface area is 95.7 Å². The Balaban J connectivity index is 2.58. The minimum Gasteiger partial charge on any atom is -0.325 e. The molecule has 0 aliphatic heterocycles. The zero-order chi connectivity index (χ0) is 11.7.